The molecule has 0 aliphatic heterocycles. The Morgan fingerprint density at radius 2 is 2.15 bits per heavy atom. The summed E-state index contributed by atoms with van der Waals surface area (Å²) in [5.41, 5.74) is 2.51. The minimum Gasteiger partial charge on any atom is -0.496 e. The Bertz CT molecular complexity index is 567. The van der Waals surface area contributed by atoms with Crippen LogP contribution in [0, 0.1) is 6.92 Å². The lowest BCUT2D eigenvalue weighted by Crippen LogP contribution is -2.23. The first-order valence-electron chi connectivity index (χ1n) is 6.78. The van der Waals surface area contributed by atoms with Gasteiger partial charge in [0.05, 0.1) is 13.2 Å². The summed E-state index contributed by atoms with van der Waals surface area (Å²) in [7, 11) is 1.73. The molecule has 1 heterocycles. The Balaban J connectivity index is 2.46. The van der Waals surface area contributed by atoms with Crippen molar-refractivity contribution in [3.63, 3.8) is 0 Å². The maximum atomic E-state index is 5.54. The first kappa shape index (κ1) is 15.5. The molecule has 2 rings (SSSR count). The summed E-state index contributed by atoms with van der Waals surface area (Å²) in [6, 6.07) is 8.53. The van der Waals surface area contributed by atoms with Crippen LogP contribution in [0.15, 0.2) is 34.1 Å². The quantitative estimate of drug-likeness (QED) is 0.795. The minimum atomic E-state index is 0.183. The second-order valence-electron chi connectivity index (χ2n) is 4.74. The van der Waals surface area contributed by atoms with Crippen molar-refractivity contribution < 1.29 is 4.74 Å². The van der Waals surface area contributed by atoms with Crippen molar-refractivity contribution >= 4 is 27.3 Å². The van der Waals surface area contributed by atoms with Crippen molar-refractivity contribution in [2.45, 2.75) is 26.3 Å². The number of hydrogen-bond acceptors (Lipinski definition) is 3. The normalized spacial score (nSPS) is 12.4. The Labute approximate surface area is 133 Å². The van der Waals surface area contributed by atoms with Gasteiger partial charge in [-0.05, 0) is 55.1 Å². The summed E-state index contributed by atoms with van der Waals surface area (Å²) in [4.78, 5) is 1.36. The summed E-state index contributed by atoms with van der Waals surface area (Å²) in [6.45, 7) is 5.33. The van der Waals surface area contributed by atoms with Crippen molar-refractivity contribution in [1.82, 2.24) is 5.32 Å². The van der Waals surface area contributed by atoms with E-state index < -0.39 is 0 Å². The lowest BCUT2D eigenvalue weighted by atomic mass is 10.0. The third-order valence-electron chi connectivity index (χ3n) is 3.27. The summed E-state index contributed by atoms with van der Waals surface area (Å²) in [6.07, 6.45) is 1.11. The van der Waals surface area contributed by atoms with Crippen molar-refractivity contribution in [2.24, 2.45) is 0 Å². The molecule has 0 radical (unpaired) electrons. The van der Waals surface area contributed by atoms with E-state index in [1.54, 1.807) is 18.4 Å². The summed E-state index contributed by atoms with van der Waals surface area (Å²) < 4.78 is 6.62. The number of aryl methyl sites for hydroxylation is 1. The molecule has 2 nitrogen and oxygen atoms in total. The highest BCUT2D eigenvalue weighted by atomic mass is 79.9. The summed E-state index contributed by atoms with van der Waals surface area (Å²) >= 11 is 5.36. The molecule has 0 fully saturated rings. The van der Waals surface area contributed by atoms with Crippen LogP contribution in [0.2, 0.25) is 0 Å². The Kier molecular flexibility index (Phi) is 5.64. The van der Waals surface area contributed by atoms with Crippen LogP contribution in [0.1, 0.15) is 35.4 Å². The fourth-order valence-electron chi connectivity index (χ4n) is 2.24. The molecule has 1 aromatic heterocycles. The van der Waals surface area contributed by atoms with Gasteiger partial charge in [0.2, 0.25) is 0 Å². The van der Waals surface area contributed by atoms with E-state index in [1.165, 1.54) is 16.0 Å². The zero-order valence-corrected chi connectivity index (χ0v) is 14.5. The lowest BCUT2D eigenvalue weighted by molar-refractivity contribution is 0.404. The molecule has 20 heavy (non-hydrogen) atoms. The van der Waals surface area contributed by atoms with E-state index in [0.29, 0.717) is 0 Å². The van der Waals surface area contributed by atoms with Crippen LogP contribution in [-0.2, 0) is 0 Å². The number of thiophene rings is 1. The molecule has 0 aliphatic carbocycles. The predicted octanol–water partition coefficient (Wildman–Crippen LogP) is 4.92. The Morgan fingerprint density at radius 1 is 1.35 bits per heavy atom. The van der Waals surface area contributed by atoms with Gasteiger partial charge in [-0.25, -0.2) is 0 Å². The topological polar surface area (TPSA) is 21.3 Å². The molecule has 1 N–H and O–H groups in total. The van der Waals surface area contributed by atoms with Gasteiger partial charge < -0.3 is 10.1 Å². The van der Waals surface area contributed by atoms with E-state index in [0.717, 1.165) is 23.2 Å². The SMILES string of the molecule is CCCNC(c1cc(Br)ccc1OC)c1sccc1C. The fraction of sp³-hybridized carbons (Fsp3) is 0.375. The van der Waals surface area contributed by atoms with Gasteiger partial charge in [-0.15, -0.1) is 11.3 Å². The number of hydrogen-bond donors (Lipinski definition) is 1. The van der Waals surface area contributed by atoms with Crippen LogP contribution < -0.4 is 10.1 Å². The van der Waals surface area contributed by atoms with Gasteiger partial charge in [0, 0.05) is 14.9 Å². The largest absolute Gasteiger partial charge is 0.496 e. The van der Waals surface area contributed by atoms with Crippen LogP contribution in [0.25, 0.3) is 0 Å². The smallest absolute Gasteiger partial charge is 0.124 e. The van der Waals surface area contributed by atoms with E-state index >= 15 is 0 Å². The number of halogens is 1. The molecule has 108 valence electrons. The molecule has 0 bridgehead atoms. The molecule has 1 atom stereocenters. The molecule has 4 heteroatoms. The monoisotopic (exact) mass is 353 g/mol. The van der Waals surface area contributed by atoms with Crippen LogP contribution >= 0.6 is 27.3 Å². The Hall–Kier alpha value is -0.840. The maximum absolute atomic E-state index is 5.54. The molecule has 0 saturated carbocycles. The van der Waals surface area contributed by atoms with Crippen molar-refractivity contribution in [1.29, 1.82) is 0 Å². The van der Waals surface area contributed by atoms with Crippen LogP contribution in [0.4, 0.5) is 0 Å². The lowest BCUT2D eigenvalue weighted by Gasteiger charge is -2.21. The van der Waals surface area contributed by atoms with Gasteiger partial charge >= 0.3 is 0 Å². The van der Waals surface area contributed by atoms with E-state index in [4.69, 9.17) is 4.74 Å². The zero-order valence-electron chi connectivity index (χ0n) is 12.1. The van der Waals surface area contributed by atoms with Crippen molar-refractivity contribution in [2.75, 3.05) is 13.7 Å². The van der Waals surface area contributed by atoms with Gasteiger partial charge in [0.15, 0.2) is 0 Å². The van der Waals surface area contributed by atoms with Crippen LogP contribution in [0.5, 0.6) is 5.75 Å². The third kappa shape index (κ3) is 3.43. The highest BCUT2D eigenvalue weighted by Gasteiger charge is 2.20. The zero-order chi connectivity index (χ0) is 14.5. The van der Waals surface area contributed by atoms with E-state index in [-0.39, 0.29) is 6.04 Å². The third-order valence-corrected chi connectivity index (χ3v) is 4.84. The second-order valence-corrected chi connectivity index (χ2v) is 6.60. The van der Waals surface area contributed by atoms with Crippen LogP contribution in [0.3, 0.4) is 0 Å². The number of benzene rings is 1. The molecule has 1 aromatic carbocycles. The van der Waals surface area contributed by atoms with Gasteiger partial charge in [0.1, 0.15) is 5.75 Å². The van der Waals surface area contributed by atoms with E-state index in [2.05, 4.69) is 52.6 Å². The second kappa shape index (κ2) is 7.25. The molecule has 2 aromatic rings. The van der Waals surface area contributed by atoms with Crippen molar-refractivity contribution in [3.8, 4) is 5.75 Å². The summed E-state index contributed by atoms with van der Waals surface area (Å²) in [5, 5.41) is 5.79. The van der Waals surface area contributed by atoms with Crippen LogP contribution in [-0.4, -0.2) is 13.7 Å². The highest BCUT2D eigenvalue weighted by molar-refractivity contribution is 9.10. The minimum absolute atomic E-state index is 0.183. The highest BCUT2D eigenvalue weighted by Crippen LogP contribution is 2.36. The van der Waals surface area contributed by atoms with E-state index in [1.807, 2.05) is 12.1 Å². The number of nitrogens with one attached hydrogen (secondary N) is 1. The predicted molar refractivity (Wildman–Crippen MR) is 89.9 cm³/mol. The molecule has 0 spiro atoms. The van der Waals surface area contributed by atoms with E-state index in [9.17, 15) is 0 Å². The fourth-order valence-corrected chi connectivity index (χ4v) is 3.64. The Morgan fingerprint density at radius 3 is 2.75 bits per heavy atom. The molecule has 1 unspecified atom stereocenters. The summed E-state index contributed by atoms with van der Waals surface area (Å²) in [5.74, 6) is 0.926. The standard InChI is InChI=1S/C16H20BrNOS/c1-4-8-18-15(16-11(2)7-9-20-16)13-10-12(17)5-6-14(13)19-3/h5-7,9-10,15,18H,4,8H2,1-3H3. The average Bonchev–Trinajstić information content (AvgIpc) is 2.86. The van der Waals surface area contributed by atoms with Crippen molar-refractivity contribution in [3.05, 3.63) is 50.1 Å². The number of rotatable bonds is 6. The molecule has 0 aliphatic rings. The number of methoxy groups -OCH3 is 1. The average molecular weight is 354 g/mol. The van der Waals surface area contributed by atoms with Gasteiger partial charge in [-0.1, -0.05) is 22.9 Å². The molecule has 0 amide bonds. The van der Waals surface area contributed by atoms with Gasteiger partial charge in [-0.2, -0.15) is 0 Å². The molecular weight excluding hydrogens is 334 g/mol. The maximum Gasteiger partial charge on any atom is 0.124 e. The number of ether oxygens (including phenoxy) is 1. The first-order chi connectivity index (χ1) is 9.67. The molecular formula is C16H20BrNOS. The van der Waals surface area contributed by atoms with Gasteiger partial charge in [-0.3, -0.25) is 0 Å². The molecule has 0 saturated heterocycles. The van der Waals surface area contributed by atoms with Gasteiger partial charge in [0.25, 0.3) is 0 Å². The first-order valence-corrected chi connectivity index (χ1v) is 8.45.